The van der Waals surface area contributed by atoms with E-state index < -0.39 is 24.0 Å². The number of nitrogens with zero attached hydrogens (tertiary/aromatic N) is 1. The van der Waals surface area contributed by atoms with Crippen LogP contribution in [-0.4, -0.2) is 53.9 Å². The first kappa shape index (κ1) is 25.5. The number of hydrogen-bond acceptors (Lipinski definition) is 7. The van der Waals surface area contributed by atoms with Crippen molar-refractivity contribution in [2.75, 3.05) is 13.7 Å². The molecular formula is C26H34N2O6. The number of carbonyl (C=O) groups is 2. The van der Waals surface area contributed by atoms with Crippen molar-refractivity contribution in [3.05, 3.63) is 53.9 Å². The Labute approximate surface area is 200 Å². The lowest BCUT2D eigenvalue weighted by molar-refractivity contribution is -0.155. The Morgan fingerprint density at radius 1 is 1.24 bits per heavy atom. The van der Waals surface area contributed by atoms with Gasteiger partial charge in [-0.2, -0.15) is 0 Å². The summed E-state index contributed by atoms with van der Waals surface area (Å²) in [7, 11) is 1.39. The third-order valence-electron chi connectivity index (χ3n) is 6.13. The largest absolute Gasteiger partial charge is 0.503 e. The van der Waals surface area contributed by atoms with Gasteiger partial charge in [-0.25, -0.2) is 9.78 Å². The van der Waals surface area contributed by atoms with Gasteiger partial charge in [0.05, 0.1) is 13.2 Å². The lowest BCUT2D eigenvalue weighted by Gasteiger charge is -2.31. The number of pyridine rings is 1. The summed E-state index contributed by atoms with van der Waals surface area (Å²) in [5, 5.41) is 12.9. The number of esters is 1. The fourth-order valence-corrected chi connectivity index (χ4v) is 4.29. The summed E-state index contributed by atoms with van der Waals surface area (Å²) in [4.78, 5) is 29.8. The molecule has 184 valence electrons. The number of cyclic esters (lactones) is 1. The molecule has 0 bridgehead atoms. The van der Waals surface area contributed by atoms with Gasteiger partial charge in [0.25, 0.3) is 5.91 Å². The standard InChI is InChI=1S/C26H34N2O6/c1-4-15-33-21-12-8-11-20(28-25(30)23-24(29)22(32-3)13-14-27-23)26(31)34-17(2)19(21)16-18-9-6-5-7-10-18/h5-7,9-10,13-14,17,19-21,29H,4,8,11-12,15-16H2,1-3H3,(H,28,30)/t17-,19-,20-,21-/m0/s1. The molecule has 0 aliphatic carbocycles. The van der Waals surface area contributed by atoms with E-state index >= 15 is 0 Å². The Morgan fingerprint density at radius 2 is 2.00 bits per heavy atom. The maximum atomic E-state index is 13.0. The highest BCUT2D eigenvalue weighted by Crippen LogP contribution is 2.29. The monoisotopic (exact) mass is 470 g/mol. The molecule has 1 aromatic heterocycles. The van der Waals surface area contributed by atoms with Crippen LogP contribution in [0.1, 0.15) is 55.6 Å². The maximum Gasteiger partial charge on any atom is 0.328 e. The molecule has 1 amide bonds. The Bertz CT molecular complexity index is 952. The zero-order valence-electron chi connectivity index (χ0n) is 20.0. The van der Waals surface area contributed by atoms with Crippen LogP contribution in [0.3, 0.4) is 0 Å². The zero-order valence-corrected chi connectivity index (χ0v) is 20.0. The summed E-state index contributed by atoms with van der Waals surface area (Å²) in [6.07, 6.45) is 4.32. The van der Waals surface area contributed by atoms with Crippen molar-refractivity contribution in [3.8, 4) is 11.5 Å². The lowest BCUT2D eigenvalue weighted by Crippen LogP contribution is -2.44. The second-order valence-corrected chi connectivity index (χ2v) is 8.57. The summed E-state index contributed by atoms with van der Waals surface area (Å²) < 4.78 is 17.1. The number of hydrogen-bond donors (Lipinski definition) is 2. The fraction of sp³-hybridized carbons (Fsp3) is 0.500. The van der Waals surface area contributed by atoms with Gasteiger partial charge in [0, 0.05) is 24.8 Å². The van der Waals surface area contributed by atoms with E-state index in [1.807, 2.05) is 25.1 Å². The van der Waals surface area contributed by atoms with Gasteiger partial charge in [-0.3, -0.25) is 4.79 Å². The first-order valence-corrected chi connectivity index (χ1v) is 11.8. The molecule has 4 atom stereocenters. The van der Waals surface area contributed by atoms with E-state index in [2.05, 4.69) is 29.4 Å². The second-order valence-electron chi connectivity index (χ2n) is 8.57. The highest BCUT2D eigenvalue weighted by molar-refractivity contribution is 5.97. The number of ether oxygens (including phenoxy) is 3. The Hall–Kier alpha value is -3.13. The molecule has 3 rings (SSSR count). The van der Waals surface area contributed by atoms with Crippen molar-refractivity contribution in [1.82, 2.24) is 10.3 Å². The average Bonchev–Trinajstić information content (AvgIpc) is 2.88. The minimum atomic E-state index is -0.857. The molecule has 1 saturated heterocycles. The van der Waals surface area contributed by atoms with Crippen molar-refractivity contribution in [2.45, 2.75) is 64.2 Å². The van der Waals surface area contributed by atoms with Crippen LogP contribution < -0.4 is 10.1 Å². The Morgan fingerprint density at radius 3 is 2.71 bits per heavy atom. The molecule has 0 saturated carbocycles. The fourth-order valence-electron chi connectivity index (χ4n) is 4.29. The highest BCUT2D eigenvalue weighted by Gasteiger charge is 2.35. The number of nitrogens with one attached hydrogen (secondary N) is 1. The first-order chi connectivity index (χ1) is 16.4. The van der Waals surface area contributed by atoms with Crippen LogP contribution in [0, 0.1) is 5.92 Å². The van der Waals surface area contributed by atoms with Crippen molar-refractivity contribution in [1.29, 1.82) is 0 Å². The molecule has 2 N–H and O–H groups in total. The molecule has 2 heterocycles. The van der Waals surface area contributed by atoms with Gasteiger partial charge < -0.3 is 24.6 Å². The summed E-state index contributed by atoms with van der Waals surface area (Å²) >= 11 is 0. The maximum absolute atomic E-state index is 13.0. The number of aromatic hydroxyl groups is 1. The van der Waals surface area contributed by atoms with Crippen LogP contribution in [-0.2, 0) is 20.7 Å². The molecule has 2 aromatic rings. The number of amides is 1. The molecule has 34 heavy (non-hydrogen) atoms. The number of benzene rings is 1. The van der Waals surface area contributed by atoms with E-state index in [1.54, 1.807) is 0 Å². The summed E-state index contributed by atoms with van der Waals surface area (Å²) in [5.41, 5.74) is 0.954. The van der Waals surface area contributed by atoms with Crippen LogP contribution in [0.2, 0.25) is 0 Å². The van der Waals surface area contributed by atoms with E-state index in [9.17, 15) is 14.7 Å². The van der Waals surface area contributed by atoms with Gasteiger partial charge in [-0.15, -0.1) is 0 Å². The van der Waals surface area contributed by atoms with E-state index in [-0.39, 0.29) is 29.2 Å². The van der Waals surface area contributed by atoms with Gasteiger partial charge in [0.15, 0.2) is 17.2 Å². The highest BCUT2D eigenvalue weighted by atomic mass is 16.5. The molecule has 0 spiro atoms. The van der Waals surface area contributed by atoms with Crippen LogP contribution in [0.4, 0.5) is 0 Å². The molecule has 1 aliphatic heterocycles. The van der Waals surface area contributed by atoms with E-state index in [0.29, 0.717) is 19.4 Å². The van der Waals surface area contributed by atoms with Crippen molar-refractivity contribution in [2.24, 2.45) is 5.92 Å². The van der Waals surface area contributed by atoms with Crippen LogP contribution >= 0.6 is 0 Å². The van der Waals surface area contributed by atoms with Gasteiger partial charge in [-0.1, -0.05) is 37.3 Å². The predicted octanol–water partition coefficient (Wildman–Crippen LogP) is 3.66. The third kappa shape index (κ3) is 6.47. The van der Waals surface area contributed by atoms with Crippen molar-refractivity contribution >= 4 is 11.9 Å². The summed E-state index contributed by atoms with van der Waals surface area (Å²) in [5.74, 6) is -1.42. The van der Waals surface area contributed by atoms with E-state index in [1.165, 1.54) is 19.4 Å². The quantitative estimate of drug-likeness (QED) is 0.567. The topological polar surface area (TPSA) is 107 Å². The predicted molar refractivity (Wildman–Crippen MR) is 127 cm³/mol. The van der Waals surface area contributed by atoms with Gasteiger partial charge in [0.2, 0.25) is 0 Å². The van der Waals surface area contributed by atoms with Crippen molar-refractivity contribution < 1.29 is 28.9 Å². The molecule has 1 aromatic carbocycles. The molecule has 8 heteroatoms. The Kier molecular flexibility index (Phi) is 9.27. The summed E-state index contributed by atoms with van der Waals surface area (Å²) in [6, 6.07) is 10.7. The number of methoxy groups -OCH3 is 1. The van der Waals surface area contributed by atoms with Crippen LogP contribution in [0.5, 0.6) is 11.5 Å². The van der Waals surface area contributed by atoms with Crippen LogP contribution in [0.25, 0.3) is 0 Å². The molecule has 1 fully saturated rings. The van der Waals surface area contributed by atoms with Crippen molar-refractivity contribution in [3.63, 3.8) is 0 Å². The minimum Gasteiger partial charge on any atom is -0.503 e. The third-order valence-corrected chi connectivity index (χ3v) is 6.13. The number of rotatable bonds is 8. The average molecular weight is 471 g/mol. The molecule has 0 unspecified atom stereocenters. The smallest absolute Gasteiger partial charge is 0.328 e. The second kappa shape index (κ2) is 12.4. The lowest BCUT2D eigenvalue weighted by atomic mass is 9.87. The van der Waals surface area contributed by atoms with Gasteiger partial charge >= 0.3 is 5.97 Å². The minimum absolute atomic E-state index is 0.0172. The zero-order chi connectivity index (χ0) is 24.5. The van der Waals surface area contributed by atoms with Crippen LogP contribution in [0.15, 0.2) is 42.6 Å². The summed E-state index contributed by atoms with van der Waals surface area (Å²) in [6.45, 7) is 4.59. The molecular weight excluding hydrogens is 436 g/mol. The SMILES string of the molecule is CCCO[C@H]1CCC[C@H](NC(=O)c2nccc(OC)c2O)C(=O)O[C@@H](C)[C@@H]1Cc1ccccc1. The van der Waals surface area contributed by atoms with Gasteiger partial charge in [-0.05, 0) is 44.6 Å². The number of aromatic nitrogens is 1. The normalized spacial score (nSPS) is 23.2. The molecule has 8 nitrogen and oxygen atoms in total. The molecule has 1 aliphatic rings. The Balaban J connectivity index is 1.77. The molecule has 0 radical (unpaired) electrons. The van der Waals surface area contributed by atoms with Gasteiger partial charge in [0.1, 0.15) is 12.1 Å². The van der Waals surface area contributed by atoms with E-state index in [4.69, 9.17) is 14.2 Å². The first-order valence-electron chi connectivity index (χ1n) is 11.8. The van der Waals surface area contributed by atoms with E-state index in [0.717, 1.165) is 24.8 Å². The number of carbonyl (C=O) groups excluding carboxylic acids is 2.